The fraction of sp³-hybridized carbons (Fsp3) is 0.944. The van der Waals surface area contributed by atoms with Crippen molar-refractivity contribution in [3.8, 4) is 0 Å². The zero-order chi connectivity index (χ0) is 16.1. The molecule has 3 nitrogen and oxygen atoms in total. The summed E-state index contributed by atoms with van der Waals surface area (Å²) in [4.78, 5) is 14.6. The third kappa shape index (κ3) is 10.8. The zero-order valence-corrected chi connectivity index (χ0v) is 14.9. The molecule has 0 heterocycles. The van der Waals surface area contributed by atoms with Gasteiger partial charge in [0.2, 0.25) is 5.91 Å². The van der Waals surface area contributed by atoms with Crippen LogP contribution in [0.2, 0.25) is 0 Å². The average molecular weight is 299 g/mol. The van der Waals surface area contributed by atoms with Crippen LogP contribution in [0, 0.1) is 11.8 Å². The Labute approximate surface area is 132 Å². The summed E-state index contributed by atoms with van der Waals surface area (Å²) in [5.74, 6) is 1.27. The highest BCUT2D eigenvalue weighted by Crippen LogP contribution is 2.16. The molecule has 0 aliphatic carbocycles. The topological polar surface area (TPSA) is 46.3 Å². The van der Waals surface area contributed by atoms with Crippen molar-refractivity contribution in [2.75, 3.05) is 19.6 Å². The monoisotopic (exact) mass is 298 g/mol. The first-order chi connectivity index (χ1) is 10.0. The lowest BCUT2D eigenvalue weighted by Crippen LogP contribution is -2.35. The number of unbranched alkanes of at least 4 members (excludes halogenated alkanes) is 4. The minimum atomic E-state index is 0.318. The highest BCUT2D eigenvalue weighted by atomic mass is 16.2. The number of hydrogen-bond acceptors (Lipinski definition) is 2. The molecule has 21 heavy (non-hydrogen) atoms. The van der Waals surface area contributed by atoms with Gasteiger partial charge in [0.15, 0.2) is 0 Å². The Kier molecular flexibility index (Phi) is 12.8. The number of nitrogens with two attached hydrogens (primary N) is 1. The van der Waals surface area contributed by atoms with Crippen LogP contribution in [-0.4, -0.2) is 30.4 Å². The summed E-state index contributed by atoms with van der Waals surface area (Å²) in [6.07, 6.45) is 8.78. The molecule has 1 atom stereocenters. The van der Waals surface area contributed by atoms with Crippen molar-refractivity contribution in [2.45, 2.75) is 79.1 Å². The van der Waals surface area contributed by atoms with E-state index in [1.165, 1.54) is 25.7 Å². The maximum atomic E-state index is 12.6. The summed E-state index contributed by atoms with van der Waals surface area (Å²) in [6.45, 7) is 11.3. The standard InChI is InChI=1S/C18H38N2O/c1-5-7-9-11-20(12-10-8-6-2)18(21)14-17(15-19)13-16(3)4/h16-17H,5-15,19H2,1-4H3. The van der Waals surface area contributed by atoms with Gasteiger partial charge < -0.3 is 10.6 Å². The number of carbonyl (C=O) groups excluding carboxylic acids is 1. The second-order valence-electron chi connectivity index (χ2n) is 6.73. The first-order valence-corrected chi connectivity index (χ1v) is 9.02. The van der Waals surface area contributed by atoms with Gasteiger partial charge >= 0.3 is 0 Å². The van der Waals surface area contributed by atoms with Crippen molar-refractivity contribution in [1.29, 1.82) is 0 Å². The number of rotatable bonds is 13. The van der Waals surface area contributed by atoms with Gasteiger partial charge in [-0.25, -0.2) is 0 Å². The van der Waals surface area contributed by atoms with Gasteiger partial charge in [0.1, 0.15) is 0 Å². The van der Waals surface area contributed by atoms with Crippen LogP contribution in [0.3, 0.4) is 0 Å². The first-order valence-electron chi connectivity index (χ1n) is 9.02. The average Bonchev–Trinajstić information content (AvgIpc) is 2.44. The number of carbonyl (C=O) groups is 1. The number of amides is 1. The molecule has 0 saturated carbocycles. The lowest BCUT2D eigenvalue weighted by molar-refractivity contribution is -0.132. The SMILES string of the molecule is CCCCCN(CCCCC)C(=O)CC(CN)CC(C)C. The maximum absolute atomic E-state index is 12.6. The van der Waals surface area contributed by atoms with Gasteiger partial charge in [-0.15, -0.1) is 0 Å². The third-order valence-electron chi connectivity index (χ3n) is 4.02. The molecular weight excluding hydrogens is 260 g/mol. The van der Waals surface area contributed by atoms with Crippen molar-refractivity contribution >= 4 is 5.91 Å². The van der Waals surface area contributed by atoms with Crippen LogP contribution in [0.25, 0.3) is 0 Å². The molecule has 0 aromatic carbocycles. The molecule has 126 valence electrons. The highest BCUT2D eigenvalue weighted by molar-refractivity contribution is 5.76. The van der Waals surface area contributed by atoms with Gasteiger partial charge in [-0.2, -0.15) is 0 Å². The molecule has 1 amide bonds. The van der Waals surface area contributed by atoms with E-state index in [-0.39, 0.29) is 0 Å². The van der Waals surface area contributed by atoms with E-state index < -0.39 is 0 Å². The molecule has 0 aliphatic heterocycles. The fourth-order valence-electron chi connectivity index (χ4n) is 2.77. The van der Waals surface area contributed by atoms with Crippen LogP contribution in [-0.2, 0) is 4.79 Å². The molecule has 0 bridgehead atoms. The second-order valence-corrected chi connectivity index (χ2v) is 6.73. The molecular formula is C18H38N2O. The summed E-state index contributed by atoms with van der Waals surface area (Å²) in [7, 11) is 0. The van der Waals surface area contributed by atoms with Gasteiger partial charge in [-0.3, -0.25) is 4.79 Å². The van der Waals surface area contributed by atoms with Crippen LogP contribution in [0.1, 0.15) is 79.1 Å². The molecule has 0 saturated heterocycles. The predicted octanol–water partition coefficient (Wildman–Crippen LogP) is 4.21. The molecule has 0 spiro atoms. The van der Waals surface area contributed by atoms with Crippen LogP contribution in [0.15, 0.2) is 0 Å². The van der Waals surface area contributed by atoms with Crippen LogP contribution in [0.4, 0.5) is 0 Å². The number of hydrogen-bond donors (Lipinski definition) is 1. The Bertz CT molecular complexity index is 244. The second kappa shape index (κ2) is 13.1. The summed E-state index contributed by atoms with van der Waals surface area (Å²) >= 11 is 0. The fourth-order valence-corrected chi connectivity index (χ4v) is 2.77. The normalized spacial score (nSPS) is 12.7. The largest absolute Gasteiger partial charge is 0.343 e. The number of nitrogens with zero attached hydrogens (tertiary/aromatic N) is 1. The van der Waals surface area contributed by atoms with Crippen LogP contribution >= 0.6 is 0 Å². The summed E-state index contributed by atoms with van der Waals surface area (Å²) in [5.41, 5.74) is 5.84. The van der Waals surface area contributed by atoms with Crippen molar-refractivity contribution in [3.05, 3.63) is 0 Å². The predicted molar refractivity (Wildman–Crippen MR) is 92.2 cm³/mol. The lowest BCUT2D eigenvalue weighted by Gasteiger charge is -2.25. The van der Waals surface area contributed by atoms with Crippen LogP contribution in [0.5, 0.6) is 0 Å². The van der Waals surface area contributed by atoms with E-state index >= 15 is 0 Å². The Morgan fingerprint density at radius 2 is 1.52 bits per heavy atom. The minimum Gasteiger partial charge on any atom is -0.343 e. The lowest BCUT2D eigenvalue weighted by atomic mass is 9.93. The highest BCUT2D eigenvalue weighted by Gasteiger charge is 2.18. The summed E-state index contributed by atoms with van der Waals surface area (Å²) in [5, 5.41) is 0. The van der Waals surface area contributed by atoms with Gasteiger partial charge in [0.25, 0.3) is 0 Å². The van der Waals surface area contributed by atoms with E-state index in [4.69, 9.17) is 5.73 Å². The summed E-state index contributed by atoms with van der Waals surface area (Å²) in [6, 6.07) is 0. The molecule has 2 N–H and O–H groups in total. The van der Waals surface area contributed by atoms with Gasteiger partial charge in [0.05, 0.1) is 0 Å². The van der Waals surface area contributed by atoms with E-state index in [9.17, 15) is 4.79 Å². The van der Waals surface area contributed by atoms with Crippen molar-refractivity contribution < 1.29 is 4.79 Å². The molecule has 0 aromatic rings. The van der Waals surface area contributed by atoms with Crippen molar-refractivity contribution in [1.82, 2.24) is 4.90 Å². The first kappa shape index (κ1) is 20.4. The Hall–Kier alpha value is -0.570. The molecule has 1 unspecified atom stereocenters. The summed E-state index contributed by atoms with van der Waals surface area (Å²) < 4.78 is 0. The zero-order valence-electron chi connectivity index (χ0n) is 14.9. The van der Waals surface area contributed by atoms with Crippen molar-refractivity contribution in [3.63, 3.8) is 0 Å². The maximum Gasteiger partial charge on any atom is 0.222 e. The molecule has 0 aromatic heterocycles. The van der Waals surface area contributed by atoms with E-state index in [1.54, 1.807) is 0 Å². The molecule has 0 fully saturated rings. The van der Waals surface area contributed by atoms with Gasteiger partial charge in [-0.1, -0.05) is 53.4 Å². The van der Waals surface area contributed by atoms with Gasteiger partial charge in [-0.05, 0) is 37.6 Å². The quantitative estimate of drug-likeness (QED) is 0.518. The smallest absolute Gasteiger partial charge is 0.222 e. The van der Waals surface area contributed by atoms with Gasteiger partial charge in [0, 0.05) is 19.5 Å². The molecule has 0 radical (unpaired) electrons. The van der Waals surface area contributed by atoms with E-state index in [1.807, 2.05) is 0 Å². The Morgan fingerprint density at radius 3 is 1.90 bits per heavy atom. The molecule has 3 heteroatoms. The molecule has 0 rings (SSSR count). The van der Waals surface area contributed by atoms with E-state index in [0.717, 1.165) is 32.4 Å². The van der Waals surface area contributed by atoms with Crippen molar-refractivity contribution in [2.24, 2.45) is 17.6 Å². The molecule has 0 aliphatic rings. The third-order valence-corrected chi connectivity index (χ3v) is 4.02. The minimum absolute atomic E-state index is 0.318. The Balaban J connectivity index is 4.37. The van der Waals surface area contributed by atoms with Crippen LogP contribution < -0.4 is 5.73 Å². The van der Waals surface area contributed by atoms with E-state index in [0.29, 0.717) is 30.7 Å². The van der Waals surface area contributed by atoms with E-state index in [2.05, 4.69) is 32.6 Å². The Morgan fingerprint density at radius 1 is 1.00 bits per heavy atom.